The standard InChI is InChI=1S/C18H31N3S2/c1-2-14-13-21(16-11-7-4-8-12-16)18(22)17(19-14)23-20-15-9-5-3-6-10-15/h15-17,20H,2-13H2,1H3. The van der Waals surface area contributed by atoms with Gasteiger partial charge in [-0.2, -0.15) is 0 Å². The number of hydrogen-bond acceptors (Lipinski definition) is 4. The van der Waals surface area contributed by atoms with Crippen LogP contribution in [0, 0.1) is 0 Å². The lowest BCUT2D eigenvalue weighted by Gasteiger charge is -2.41. The van der Waals surface area contributed by atoms with E-state index in [0.717, 1.165) is 18.0 Å². The lowest BCUT2D eigenvalue weighted by Crippen LogP contribution is -2.50. The summed E-state index contributed by atoms with van der Waals surface area (Å²) in [4.78, 5) is 8.53. The minimum Gasteiger partial charge on any atom is -0.355 e. The molecular weight excluding hydrogens is 322 g/mol. The second kappa shape index (κ2) is 8.82. The average molecular weight is 354 g/mol. The highest BCUT2D eigenvalue weighted by atomic mass is 32.2. The van der Waals surface area contributed by atoms with E-state index >= 15 is 0 Å². The van der Waals surface area contributed by atoms with Crippen molar-refractivity contribution in [3.63, 3.8) is 0 Å². The van der Waals surface area contributed by atoms with Crippen molar-refractivity contribution in [2.45, 2.75) is 95.0 Å². The fourth-order valence-electron chi connectivity index (χ4n) is 4.04. The summed E-state index contributed by atoms with van der Waals surface area (Å²) in [5.74, 6) is 0. The summed E-state index contributed by atoms with van der Waals surface area (Å²) in [6.07, 6.45) is 14.5. The Hall–Kier alpha value is -0.130. The van der Waals surface area contributed by atoms with E-state index in [1.165, 1.54) is 69.9 Å². The Kier molecular flexibility index (Phi) is 6.78. The lowest BCUT2D eigenvalue weighted by molar-refractivity contribution is 0.262. The highest BCUT2D eigenvalue weighted by molar-refractivity contribution is 8.00. The van der Waals surface area contributed by atoms with Crippen molar-refractivity contribution in [3.05, 3.63) is 0 Å². The molecule has 3 rings (SSSR count). The first kappa shape index (κ1) is 17.7. The van der Waals surface area contributed by atoms with Crippen LogP contribution in [0.4, 0.5) is 0 Å². The summed E-state index contributed by atoms with van der Waals surface area (Å²) in [7, 11) is 0. The Morgan fingerprint density at radius 1 is 1.09 bits per heavy atom. The maximum atomic E-state index is 5.86. The van der Waals surface area contributed by atoms with Gasteiger partial charge in [-0.25, -0.2) is 0 Å². The zero-order valence-electron chi connectivity index (χ0n) is 14.4. The van der Waals surface area contributed by atoms with Crippen molar-refractivity contribution in [3.8, 4) is 0 Å². The van der Waals surface area contributed by atoms with Gasteiger partial charge in [0.1, 0.15) is 4.99 Å². The Balaban J connectivity index is 1.61. The molecule has 3 aliphatic rings. The third-order valence-corrected chi connectivity index (χ3v) is 7.15. The maximum absolute atomic E-state index is 5.86. The van der Waals surface area contributed by atoms with E-state index in [1.54, 1.807) is 11.9 Å². The zero-order valence-corrected chi connectivity index (χ0v) is 16.1. The number of nitrogens with zero attached hydrogens (tertiary/aromatic N) is 2. The molecule has 0 radical (unpaired) electrons. The molecule has 1 N–H and O–H groups in total. The third kappa shape index (κ3) is 4.70. The third-order valence-electron chi connectivity index (χ3n) is 5.52. The molecule has 1 heterocycles. The van der Waals surface area contributed by atoms with E-state index in [0.29, 0.717) is 12.1 Å². The Morgan fingerprint density at radius 3 is 2.39 bits per heavy atom. The van der Waals surface area contributed by atoms with Gasteiger partial charge in [-0.1, -0.05) is 57.7 Å². The molecule has 23 heavy (non-hydrogen) atoms. The van der Waals surface area contributed by atoms with Gasteiger partial charge in [0, 0.05) is 17.8 Å². The molecule has 2 aliphatic carbocycles. The molecule has 0 aromatic rings. The normalized spacial score (nSPS) is 28.0. The molecule has 0 amide bonds. The number of nitrogens with one attached hydrogen (secondary N) is 1. The average Bonchev–Trinajstić information content (AvgIpc) is 2.62. The van der Waals surface area contributed by atoms with Crippen molar-refractivity contribution in [1.82, 2.24) is 9.62 Å². The van der Waals surface area contributed by atoms with Crippen LogP contribution in [0.2, 0.25) is 0 Å². The second-order valence-electron chi connectivity index (χ2n) is 7.23. The molecule has 130 valence electrons. The first-order valence-electron chi connectivity index (χ1n) is 9.55. The molecule has 5 heteroatoms. The van der Waals surface area contributed by atoms with E-state index < -0.39 is 0 Å². The van der Waals surface area contributed by atoms with Crippen LogP contribution in [0.5, 0.6) is 0 Å². The SMILES string of the molecule is CCC1=NC(SNC2CCCCC2)C(=S)N(C2CCCCC2)C1. The molecule has 1 atom stereocenters. The van der Waals surface area contributed by atoms with Gasteiger partial charge in [0.25, 0.3) is 0 Å². The van der Waals surface area contributed by atoms with Crippen LogP contribution in [0.25, 0.3) is 0 Å². The summed E-state index contributed by atoms with van der Waals surface area (Å²) in [5.41, 5.74) is 1.33. The smallest absolute Gasteiger partial charge is 0.159 e. The van der Waals surface area contributed by atoms with Crippen molar-refractivity contribution in [2.24, 2.45) is 4.99 Å². The molecule has 2 fully saturated rings. The first-order valence-corrected chi connectivity index (χ1v) is 10.8. The highest BCUT2D eigenvalue weighted by Crippen LogP contribution is 2.29. The monoisotopic (exact) mass is 353 g/mol. The largest absolute Gasteiger partial charge is 0.355 e. The van der Waals surface area contributed by atoms with Crippen LogP contribution in [-0.2, 0) is 0 Å². The minimum atomic E-state index is 0.109. The van der Waals surface area contributed by atoms with Crippen LogP contribution in [0.3, 0.4) is 0 Å². The number of thiocarbonyl (C=S) groups is 1. The van der Waals surface area contributed by atoms with Gasteiger partial charge < -0.3 is 4.90 Å². The fourth-order valence-corrected chi connectivity index (χ4v) is 5.45. The fraction of sp³-hybridized carbons (Fsp3) is 0.889. The van der Waals surface area contributed by atoms with Gasteiger partial charge in [-0.15, -0.1) is 0 Å². The summed E-state index contributed by atoms with van der Waals surface area (Å²) in [5, 5.41) is 0.109. The van der Waals surface area contributed by atoms with Gasteiger partial charge in [-0.05, 0) is 44.1 Å². The first-order chi connectivity index (χ1) is 11.3. The molecule has 2 saturated carbocycles. The van der Waals surface area contributed by atoms with Gasteiger partial charge in [-0.3, -0.25) is 9.71 Å². The molecule has 3 nitrogen and oxygen atoms in total. The van der Waals surface area contributed by atoms with Crippen molar-refractivity contribution in [1.29, 1.82) is 0 Å². The summed E-state index contributed by atoms with van der Waals surface area (Å²) in [6.45, 7) is 3.20. The molecule has 0 spiro atoms. The van der Waals surface area contributed by atoms with E-state index in [-0.39, 0.29) is 5.37 Å². The number of aliphatic imine (C=N–C) groups is 1. The van der Waals surface area contributed by atoms with Crippen LogP contribution in [0.15, 0.2) is 4.99 Å². The van der Waals surface area contributed by atoms with Gasteiger partial charge in [0.2, 0.25) is 0 Å². The van der Waals surface area contributed by atoms with E-state index in [9.17, 15) is 0 Å². The van der Waals surface area contributed by atoms with Crippen molar-refractivity contribution >= 4 is 34.9 Å². The van der Waals surface area contributed by atoms with Crippen LogP contribution < -0.4 is 4.72 Å². The van der Waals surface area contributed by atoms with Crippen LogP contribution in [-0.4, -0.2) is 39.6 Å². The number of rotatable bonds is 5. The molecule has 0 bridgehead atoms. The Morgan fingerprint density at radius 2 is 1.74 bits per heavy atom. The summed E-state index contributed by atoms with van der Waals surface area (Å²) >= 11 is 7.63. The minimum absolute atomic E-state index is 0.109. The van der Waals surface area contributed by atoms with Gasteiger partial charge in [0.05, 0.1) is 6.54 Å². The Bertz CT molecular complexity index is 426. The summed E-state index contributed by atoms with van der Waals surface area (Å²) < 4.78 is 3.69. The van der Waals surface area contributed by atoms with E-state index in [2.05, 4.69) is 16.5 Å². The topological polar surface area (TPSA) is 27.6 Å². The maximum Gasteiger partial charge on any atom is 0.159 e. The van der Waals surface area contributed by atoms with Gasteiger partial charge in [0.15, 0.2) is 5.37 Å². The summed E-state index contributed by atoms with van der Waals surface area (Å²) in [6, 6.07) is 1.31. The molecule has 0 aromatic carbocycles. The highest BCUT2D eigenvalue weighted by Gasteiger charge is 2.32. The Labute approximate surface area is 151 Å². The van der Waals surface area contributed by atoms with E-state index in [1.807, 2.05) is 0 Å². The predicted octanol–water partition coefficient (Wildman–Crippen LogP) is 4.71. The van der Waals surface area contributed by atoms with Crippen molar-refractivity contribution < 1.29 is 0 Å². The molecular formula is C18H31N3S2. The predicted molar refractivity (Wildman–Crippen MR) is 105 cm³/mol. The quantitative estimate of drug-likeness (QED) is 0.572. The molecule has 1 unspecified atom stereocenters. The van der Waals surface area contributed by atoms with E-state index in [4.69, 9.17) is 17.2 Å². The van der Waals surface area contributed by atoms with Crippen LogP contribution >= 0.6 is 24.2 Å². The molecule has 0 aromatic heterocycles. The zero-order chi connectivity index (χ0) is 16.1. The number of hydrogen-bond donors (Lipinski definition) is 1. The molecule has 1 aliphatic heterocycles. The lowest BCUT2D eigenvalue weighted by atomic mass is 9.93. The van der Waals surface area contributed by atoms with Crippen LogP contribution in [0.1, 0.15) is 77.6 Å². The van der Waals surface area contributed by atoms with Gasteiger partial charge >= 0.3 is 0 Å². The molecule has 0 saturated heterocycles. The van der Waals surface area contributed by atoms with Crippen molar-refractivity contribution in [2.75, 3.05) is 6.54 Å². The second-order valence-corrected chi connectivity index (χ2v) is 8.57.